The van der Waals surface area contributed by atoms with Crippen molar-refractivity contribution in [3.63, 3.8) is 0 Å². The van der Waals surface area contributed by atoms with Crippen LogP contribution in [0.25, 0.3) is 0 Å². The van der Waals surface area contributed by atoms with Crippen LogP contribution in [0.1, 0.15) is 31.7 Å². The molecule has 7 nitrogen and oxygen atoms in total. The van der Waals surface area contributed by atoms with E-state index in [0.29, 0.717) is 11.7 Å². The zero-order valence-corrected chi connectivity index (χ0v) is 13.7. The number of hydrogen-bond acceptors (Lipinski definition) is 5. The second-order valence-electron chi connectivity index (χ2n) is 5.69. The van der Waals surface area contributed by atoms with Crippen molar-refractivity contribution in [2.75, 3.05) is 24.6 Å². The van der Waals surface area contributed by atoms with Gasteiger partial charge in [-0.15, -0.1) is 12.4 Å². The zero-order valence-electron chi connectivity index (χ0n) is 12.0. The smallest absolute Gasteiger partial charge is 0.238 e. The Morgan fingerprint density at radius 2 is 2.14 bits per heavy atom. The van der Waals surface area contributed by atoms with E-state index < -0.39 is 10.9 Å². The topological polar surface area (TPSA) is 70.5 Å². The molecule has 0 spiro atoms. The van der Waals surface area contributed by atoms with Gasteiger partial charge in [-0.1, -0.05) is 0 Å². The van der Waals surface area contributed by atoms with E-state index in [-0.39, 0.29) is 18.4 Å². The normalized spacial score (nSPS) is 23.0. The molecule has 1 saturated heterocycles. The maximum Gasteiger partial charge on any atom is 0.238 e. The lowest BCUT2D eigenvalue weighted by Crippen LogP contribution is -2.51. The molecule has 1 aliphatic heterocycles. The summed E-state index contributed by atoms with van der Waals surface area (Å²) in [6.07, 6.45) is 7.75. The summed E-state index contributed by atoms with van der Waals surface area (Å²) in [4.78, 5) is 2.21. The van der Waals surface area contributed by atoms with E-state index in [4.69, 9.17) is 0 Å². The molecule has 3 rings (SSSR count). The molecule has 0 amide bonds. The van der Waals surface area contributed by atoms with Crippen LogP contribution in [0.15, 0.2) is 12.4 Å². The molecule has 0 radical (unpaired) electrons. The molecule has 1 N–H and O–H groups in total. The Morgan fingerprint density at radius 3 is 2.76 bits per heavy atom. The Kier molecular flexibility index (Phi) is 5.48. The van der Waals surface area contributed by atoms with Crippen LogP contribution >= 0.6 is 12.4 Å². The Morgan fingerprint density at radius 1 is 1.38 bits per heavy atom. The van der Waals surface area contributed by atoms with Gasteiger partial charge in [-0.3, -0.25) is 4.68 Å². The summed E-state index contributed by atoms with van der Waals surface area (Å²) in [6.45, 7) is 1.93. The van der Waals surface area contributed by atoms with Gasteiger partial charge in [-0.05, 0) is 39.3 Å². The minimum absolute atomic E-state index is 0. The third-order valence-corrected chi connectivity index (χ3v) is 4.52. The van der Waals surface area contributed by atoms with Crippen molar-refractivity contribution >= 4 is 29.0 Å². The Labute approximate surface area is 132 Å². The van der Waals surface area contributed by atoms with Crippen LogP contribution in [0, 0.1) is 0 Å². The van der Waals surface area contributed by atoms with E-state index in [0.717, 1.165) is 38.8 Å². The fraction of sp³-hybridized carbons (Fsp3) is 0.750. The molecular weight excluding hydrogens is 314 g/mol. The highest BCUT2D eigenvalue weighted by Crippen LogP contribution is 2.34. The molecule has 1 aromatic heterocycles. The molecule has 2 fully saturated rings. The number of likely N-dealkylation sites (N-methyl/N-ethyl adjacent to an activating group) is 1. The molecule has 2 aliphatic rings. The fourth-order valence-electron chi connectivity index (χ4n) is 2.64. The van der Waals surface area contributed by atoms with E-state index in [9.17, 15) is 8.42 Å². The highest BCUT2D eigenvalue weighted by atomic mass is 35.5. The average molecular weight is 336 g/mol. The molecule has 9 heteroatoms. The van der Waals surface area contributed by atoms with Gasteiger partial charge >= 0.3 is 0 Å². The van der Waals surface area contributed by atoms with E-state index in [2.05, 4.69) is 22.5 Å². The fourth-order valence-corrected chi connectivity index (χ4v) is 3.19. The van der Waals surface area contributed by atoms with Crippen LogP contribution in [-0.2, 0) is 10.9 Å². The summed E-state index contributed by atoms with van der Waals surface area (Å²) < 4.78 is 26.1. The van der Waals surface area contributed by atoms with Crippen LogP contribution in [0.2, 0.25) is 0 Å². The van der Waals surface area contributed by atoms with Gasteiger partial charge < -0.3 is 4.90 Å². The first kappa shape index (κ1) is 16.5. The number of nitrogens with zero attached hydrogens (tertiary/aromatic N) is 4. The van der Waals surface area contributed by atoms with Gasteiger partial charge in [0.25, 0.3) is 0 Å². The van der Waals surface area contributed by atoms with Crippen molar-refractivity contribution in [2.45, 2.75) is 37.8 Å². The van der Waals surface area contributed by atoms with Crippen molar-refractivity contribution in [3.8, 4) is 0 Å². The van der Waals surface area contributed by atoms with Crippen molar-refractivity contribution in [1.29, 1.82) is 0 Å². The molecule has 120 valence electrons. The molecule has 1 atom stereocenters. The zero-order chi connectivity index (χ0) is 14.1. The SMILES string of the molecule is CN1CCC[C@H](NN(c2cnn(C3CC3)c2)[SH](=O)=O)C1.Cl. The largest absolute Gasteiger partial charge is 0.305 e. The van der Waals surface area contributed by atoms with Gasteiger partial charge in [0.2, 0.25) is 10.9 Å². The lowest BCUT2D eigenvalue weighted by Gasteiger charge is -2.32. The van der Waals surface area contributed by atoms with Crippen LogP contribution in [-0.4, -0.2) is 49.3 Å². The molecule has 0 aromatic carbocycles. The molecular formula is C12H22ClN5O2S. The van der Waals surface area contributed by atoms with Crippen molar-refractivity contribution < 1.29 is 8.42 Å². The number of aromatic nitrogens is 2. The molecule has 1 saturated carbocycles. The molecule has 0 bridgehead atoms. The van der Waals surface area contributed by atoms with Crippen molar-refractivity contribution in [1.82, 2.24) is 20.1 Å². The van der Waals surface area contributed by atoms with Crippen LogP contribution in [0.5, 0.6) is 0 Å². The highest BCUT2D eigenvalue weighted by Gasteiger charge is 2.26. The van der Waals surface area contributed by atoms with Crippen molar-refractivity contribution in [3.05, 3.63) is 12.4 Å². The number of hydrazine groups is 1. The number of rotatable bonds is 5. The highest BCUT2D eigenvalue weighted by molar-refractivity contribution is 7.73. The first-order valence-electron chi connectivity index (χ1n) is 7.07. The molecule has 1 aliphatic carbocycles. The van der Waals surface area contributed by atoms with Crippen LogP contribution in [0.3, 0.4) is 0 Å². The second-order valence-corrected chi connectivity index (χ2v) is 6.57. The van der Waals surface area contributed by atoms with E-state index >= 15 is 0 Å². The maximum absolute atomic E-state index is 11.5. The summed E-state index contributed by atoms with van der Waals surface area (Å²) in [5, 5.41) is 4.25. The predicted octanol–water partition coefficient (Wildman–Crippen LogP) is 0.571. The molecule has 0 unspecified atom stereocenters. The summed E-state index contributed by atoms with van der Waals surface area (Å²) in [5.41, 5.74) is 3.72. The Hall–Kier alpha value is -0.830. The third kappa shape index (κ3) is 4.09. The molecule has 2 heterocycles. The summed E-state index contributed by atoms with van der Waals surface area (Å²) >= 11 is 0. The second kappa shape index (κ2) is 6.95. The van der Waals surface area contributed by atoms with Gasteiger partial charge in [0.15, 0.2) is 0 Å². The number of thiol groups is 1. The lowest BCUT2D eigenvalue weighted by atomic mass is 10.1. The van der Waals surface area contributed by atoms with Gasteiger partial charge in [-0.2, -0.15) is 5.10 Å². The van der Waals surface area contributed by atoms with Crippen LogP contribution in [0.4, 0.5) is 5.69 Å². The standard InChI is InChI=1S/C12H21N5O2S.ClH/c1-15-6-2-3-10(8-15)14-17(20(18)19)12-7-13-16(9-12)11-4-5-11;/h7,9-11,14,20H,2-6,8H2,1H3;1H/t10-;/m0./s1. The summed E-state index contributed by atoms with van der Waals surface area (Å²) in [5.74, 6) is 0. The molecule has 21 heavy (non-hydrogen) atoms. The van der Waals surface area contributed by atoms with Gasteiger partial charge in [-0.25, -0.2) is 18.3 Å². The number of likely N-dealkylation sites (tertiary alicyclic amines) is 1. The number of halogens is 1. The van der Waals surface area contributed by atoms with Gasteiger partial charge in [0, 0.05) is 12.6 Å². The summed E-state index contributed by atoms with van der Waals surface area (Å²) in [6, 6.07) is 0.613. The van der Waals surface area contributed by atoms with E-state index in [1.165, 1.54) is 4.41 Å². The minimum Gasteiger partial charge on any atom is -0.305 e. The first-order valence-corrected chi connectivity index (χ1v) is 8.20. The third-order valence-electron chi connectivity index (χ3n) is 3.85. The Bertz CT molecular complexity index is 538. The number of hydrogen-bond donors (Lipinski definition) is 2. The predicted molar refractivity (Wildman–Crippen MR) is 84.2 cm³/mol. The minimum atomic E-state index is -2.71. The quantitative estimate of drug-likeness (QED) is 0.608. The average Bonchev–Trinajstić information content (AvgIpc) is 3.14. The van der Waals surface area contributed by atoms with E-state index in [1.54, 1.807) is 6.20 Å². The summed E-state index contributed by atoms with van der Waals surface area (Å²) in [7, 11) is -0.658. The first-order chi connectivity index (χ1) is 9.63. The maximum atomic E-state index is 11.5. The molecule has 1 aromatic rings. The van der Waals surface area contributed by atoms with Gasteiger partial charge in [0.05, 0.1) is 18.4 Å². The number of piperidine rings is 1. The monoisotopic (exact) mass is 335 g/mol. The van der Waals surface area contributed by atoms with Gasteiger partial charge in [0.1, 0.15) is 5.69 Å². The number of nitrogens with one attached hydrogen (secondary N) is 1. The Balaban J connectivity index is 0.00000161. The lowest BCUT2D eigenvalue weighted by molar-refractivity contribution is 0.229. The number of anilines is 1. The van der Waals surface area contributed by atoms with Crippen LogP contribution < -0.4 is 9.84 Å². The van der Waals surface area contributed by atoms with E-state index in [1.807, 2.05) is 10.9 Å². The van der Waals surface area contributed by atoms with Crippen molar-refractivity contribution in [2.24, 2.45) is 0 Å².